The minimum absolute atomic E-state index is 0.0388. The third kappa shape index (κ3) is 3.17. The molecule has 132 valence electrons. The lowest BCUT2D eigenvalue weighted by Gasteiger charge is -2.44. The van der Waals surface area contributed by atoms with Crippen molar-refractivity contribution in [3.63, 3.8) is 0 Å². The van der Waals surface area contributed by atoms with E-state index in [0.29, 0.717) is 5.69 Å². The van der Waals surface area contributed by atoms with E-state index < -0.39 is 0 Å². The van der Waals surface area contributed by atoms with Gasteiger partial charge in [0.1, 0.15) is 10.7 Å². The van der Waals surface area contributed by atoms with Crippen molar-refractivity contribution >= 4 is 23.1 Å². The van der Waals surface area contributed by atoms with Crippen LogP contribution in [0.5, 0.6) is 0 Å². The highest BCUT2D eigenvalue weighted by Gasteiger charge is 2.34. The molecule has 1 aliphatic rings. The fraction of sp³-hybridized carbons (Fsp3) is 0.263. The summed E-state index contributed by atoms with van der Waals surface area (Å²) in [6.45, 7) is 3.44. The van der Waals surface area contributed by atoms with Gasteiger partial charge in [-0.15, -0.1) is 16.4 Å². The van der Waals surface area contributed by atoms with Gasteiger partial charge < -0.3 is 9.80 Å². The van der Waals surface area contributed by atoms with Gasteiger partial charge in [-0.05, 0) is 19.1 Å². The zero-order valence-corrected chi connectivity index (χ0v) is 15.5. The van der Waals surface area contributed by atoms with Crippen LogP contribution in [0.3, 0.4) is 0 Å². The Labute approximate surface area is 156 Å². The summed E-state index contributed by atoms with van der Waals surface area (Å²) < 4.78 is 0. The third-order valence-corrected chi connectivity index (χ3v) is 5.47. The molecule has 0 N–H and O–H groups in total. The number of likely N-dealkylation sites (N-methyl/N-ethyl adjacent to an activating group) is 1. The molecule has 0 spiro atoms. The van der Waals surface area contributed by atoms with Crippen molar-refractivity contribution in [3.8, 4) is 10.6 Å². The molecule has 7 heteroatoms. The maximum Gasteiger partial charge on any atom is 0.273 e. The van der Waals surface area contributed by atoms with Gasteiger partial charge in [0.15, 0.2) is 5.82 Å². The molecule has 1 saturated heterocycles. The molecular weight excluding hydrogens is 346 g/mol. The lowest BCUT2D eigenvalue weighted by atomic mass is 10.1. The molecule has 0 saturated carbocycles. The van der Waals surface area contributed by atoms with E-state index in [2.05, 4.69) is 20.1 Å². The number of anilines is 1. The Kier molecular flexibility index (Phi) is 4.38. The molecule has 1 aliphatic heterocycles. The monoisotopic (exact) mass is 365 g/mol. The van der Waals surface area contributed by atoms with E-state index in [4.69, 9.17) is 0 Å². The molecule has 0 atom stereocenters. The minimum atomic E-state index is -0.0388. The van der Waals surface area contributed by atoms with Gasteiger partial charge >= 0.3 is 0 Å². The number of nitrogens with zero attached hydrogens (tertiary/aromatic N) is 5. The van der Waals surface area contributed by atoms with Crippen molar-refractivity contribution in [2.75, 3.05) is 25.0 Å². The number of benzene rings is 1. The van der Waals surface area contributed by atoms with E-state index in [1.807, 2.05) is 61.8 Å². The van der Waals surface area contributed by atoms with Gasteiger partial charge in [-0.3, -0.25) is 4.79 Å². The van der Waals surface area contributed by atoms with Crippen LogP contribution in [-0.4, -0.2) is 52.2 Å². The van der Waals surface area contributed by atoms with Crippen LogP contribution in [-0.2, 0) is 0 Å². The maximum absolute atomic E-state index is 12.7. The molecule has 4 rings (SSSR count). The van der Waals surface area contributed by atoms with Gasteiger partial charge in [0.25, 0.3) is 5.91 Å². The van der Waals surface area contributed by atoms with Crippen LogP contribution in [0.2, 0.25) is 0 Å². The second kappa shape index (κ2) is 6.84. The third-order valence-electron chi connectivity index (χ3n) is 4.58. The molecule has 0 aliphatic carbocycles. The van der Waals surface area contributed by atoms with Crippen molar-refractivity contribution in [1.29, 1.82) is 0 Å². The molecule has 1 amide bonds. The molecule has 0 unspecified atom stereocenters. The normalized spacial score (nSPS) is 14.2. The zero-order valence-electron chi connectivity index (χ0n) is 14.7. The largest absolute Gasteiger partial charge is 0.351 e. The second-order valence-corrected chi connectivity index (χ2v) is 7.27. The van der Waals surface area contributed by atoms with Crippen LogP contribution < -0.4 is 4.90 Å². The highest BCUT2D eigenvalue weighted by molar-refractivity contribution is 7.13. The van der Waals surface area contributed by atoms with E-state index in [1.54, 1.807) is 4.90 Å². The number of rotatable bonds is 4. The molecule has 2 aromatic heterocycles. The standard InChI is InChI=1S/C19H19N5OS/c1-13-8-9-17(22-21-13)24-10-15(11-24)23(2)19(25)16-12-26-18(20-16)14-6-4-3-5-7-14/h3-9,12,15H,10-11H2,1-2H3. The second-order valence-electron chi connectivity index (χ2n) is 6.41. The topological polar surface area (TPSA) is 62.2 Å². The number of amides is 1. The number of thiazole rings is 1. The van der Waals surface area contributed by atoms with Crippen LogP contribution in [0.25, 0.3) is 10.6 Å². The highest BCUT2D eigenvalue weighted by Crippen LogP contribution is 2.25. The van der Waals surface area contributed by atoms with Crippen molar-refractivity contribution in [2.45, 2.75) is 13.0 Å². The predicted octanol–water partition coefficient (Wildman–Crippen LogP) is 2.87. The maximum atomic E-state index is 12.7. The first-order chi connectivity index (χ1) is 12.6. The van der Waals surface area contributed by atoms with E-state index >= 15 is 0 Å². The van der Waals surface area contributed by atoms with Crippen LogP contribution in [0.1, 0.15) is 16.2 Å². The summed E-state index contributed by atoms with van der Waals surface area (Å²) in [7, 11) is 1.84. The fourth-order valence-electron chi connectivity index (χ4n) is 2.88. The molecule has 3 heterocycles. The van der Waals surface area contributed by atoms with E-state index in [9.17, 15) is 4.79 Å². The molecule has 3 aromatic rings. The van der Waals surface area contributed by atoms with Gasteiger partial charge in [0.05, 0.1) is 11.7 Å². The van der Waals surface area contributed by atoms with Gasteiger partial charge in [0, 0.05) is 31.1 Å². The smallest absolute Gasteiger partial charge is 0.273 e. The first-order valence-corrected chi connectivity index (χ1v) is 9.33. The Morgan fingerprint density at radius 3 is 2.62 bits per heavy atom. The summed E-state index contributed by atoms with van der Waals surface area (Å²) in [6, 6.07) is 14.0. The average Bonchev–Trinajstić information content (AvgIpc) is 3.12. The first-order valence-electron chi connectivity index (χ1n) is 8.45. The Bertz CT molecular complexity index is 903. The number of hydrogen-bond donors (Lipinski definition) is 0. The van der Waals surface area contributed by atoms with Crippen LogP contribution in [0.4, 0.5) is 5.82 Å². The summed E-state index contributed by atoms with van der Waals surface area (Å²) in [5.74, 6) is 0.816. The summed E-state index contributed by atoms with van der Waals surface area (Å²) in [4.78, 5) is 21.2. The van der Waals surface area contributed by atoms with E-state index in [0.717, 1.165) is 35.2 Å². The Hall–Kier alpha value is -2.80. The van der Waals surface area contributed by atoms with Gasteiger partial charge in [0.2, 0.25) is 0 Å². The average molecular weight is 365 g/mol. The van der Waals surface area contributed by atoms with Crippen molar-refractivity contribution < 1.29 is 4.79 Å². The van der Waals surface area contributed by atoms with Crippen LogP contribution >= 0.6 is 11.3 Å². The first kappa shape index (κ1) is 16.7. The predicted molar refractivity (Wildman–Crippen MR) is 102 cm³/mol. The number of aryl methyl sites for hydroxylation is 1. The Morgan fingerprint density at radius 2 is 1.92 bits per heavy atom. The SMILES string of the molecule is Cc1ccc(N2CC(N(C)C(=O)c3csc(-c4ccccc4)n3)C2)nn1. The summed E-state index contributed by atoms with van der Waals surface area (Å²) in [6.07, 6.45) is 0. The number of hydrogen-bond acceptors (Lipinski definition) is 6. The molecule has 26 heavy (non-hydrogen) atoms. The van der Waals surface area contributed by atoms with Gasteiger partial charge in [-0.2, -0.15) is 5.10 Å². The van der Waals surface area contributed by atoms with Crippen LogP contribution in [0, 0.1) is 6.92 Å². The molecule has 6 nitrogen and oxygen atoms in total. The molecule has 0 bridgehead atoms. The lowest BCUT2D eigenvalue weighted by Crippen LogP contribution is -2.60. The number of carbonyl (C=O) groups excluding carboxylic acids is 1. The molecule has 0 radical (unpaired) electrons. The number of carbonyl (C=O) groups is 1. The van der Waals surface area contributed by atoms with Crippen molar-refractivity contribution in [2.24, 2.45) is 0 Å². The van der Waals surface area contributed by atoms with E-state index in [1.165, 1.54) is 11.3 Å². The molecule has 1 aromatic carbocycles. The van der Waals surface area contributed by atoms with Gasteiger partial charge in [-0.1, -0.05) is 30.3 Å². The molecule has 1 fully saturated rings. The fourth-order valence-corrected chi connectivity index (χ4v) is 3.68. The Morgan fingerprint density at radius 1 is 1.15 bits per heavy atom. The summed E-state index contributed by atoms with van der Waals surface area (Å²) in [5, 5.41) is 11.0. The number of aromatic nitrogens is 3. The highest BCUT2D eigenvalue weighted by atomic mass is 32.1. The van der Waals surface area contributed by atoms with Gasteiger partial charge in [-0.25, -0.2) is 4.98 Å². The zero-order chi connectivity index (χ0) is 18.1. The quantitative estimate of drug-likeness (QED) is 0.711. The molecular formula is C19H19N5OS. The Balaban J connectivity index is 1.40. The minimum Gasteiger partial charge on any atom is -0.351 e. The van der Waals surface area contributed by atoms with E-state index in [-0.39, 0.29) is 11.9 Å². The van der Waals surface area contributed by atoms with Crippen molar-refractivity contribution in [3.05, 3.63) is 59.2 Å². The summed E-state index contributed by atoms with van der Waals surface area (Å²) >= 11 is 1.50. The van der Waals surface area contributed by atoms with Crippen molar-refractivity contribution in [1.82, 2.24) is 20.1 Å². The summed E-state index contributed by atoms with van der Waals surface area (Å²) in [5.41, 5.74) is 2.44. The lowest BCUT2D eigenvalue weighted by molar-refractivity contribution is 0.0700. The van der Waals surface area contributed by atoms with Crippen LogP contribution in [0.15, 0.2) is 47.8 Å².